The van der Waals surface area contributed by atoms with E-state index in [0.29, 0.717) is 12.0 Å². The smallest absolute Gasteiger partial charge is 0.145 e. The maximum Gasteiger partial charge on any atom is 0.145 e. The second-order valence-electron chi connectivity index (χ2n) is 3.65. The summed E-state index contributed by atoms with van der Waals surface area (Å²) in [6, 6.07) is 4.88. The molecule has 1 aromatic heterocycles. The molecule has 17 heavy (non-hydrogen) atoms. The minimum Gasteiger partial charge on any atom is -0.311 e. The molecular weight excluding hydrogens is 243 g/mol. The molecule has 0 aliphatic rings. The Morgan fingerprint density at radius 3 is 3.00 bits per heavy atom. The summed E-state index contributed by atoms with van der Waals surface area (Å²) in [7, 11) is 1.79. The van der Waals surface area contributed by atoms with Crippen molar-refractivity contribution in [2.75, 3.05) is 7.05 Å². The Hall–Kier alpha value is -1.46. The number of nitrogens with zero attached hydrogens (tertiary/aromatic N) is 2. The summed E-state index contributed by atoms with van der Waals surface area (Å²) in [5.41, 5.74) is 1.30. The van der Waals surface area contributed by atoms with Crippen molar-refractivity contribution in [3.8, 4) is 0 Å². The van der Waals surface area contributed by atoms with Crippen molar-refractivity contribution >= 4 is 11.6 Å². The molecule has 6 heteroatoms. The van der Waals surface area contributed by atoms with E-state index in [1.54, 1.807) is 25.4 Å². The van der Waals surface area contributed by atoms with Crippen LogP contribution in [0.5, 0.6) is 0 Å². The first-order valence-electron chi connectivity index (χ1n) is 5.18. The molecule has 0 saturated heterocycles. The molecule has 1 unspecified atom stereocenters. The van der Waals surface area contributed by atoms with E-state index in [1.165, 1.54) is 6.07 Å². The predicted octanol–water partition coefficient (Wildman–Crippen LogP) is 2.10. The fourth-order valence-electron chi connectivity index (χ4n) is 1.66. The molecule has 1 aromatic carbocycles. The Kier molecular flexibility index (Phi) is 3.71. The molecule has 4 nitrogen and oxygen atoms in total. The summed E-state index contributed by atoms with van der Waals surface area (Å²) in [5.74, 6) is -0.377. The number of nitrogens with one attached hydrogen (secondary N) is 2. The molecule has 2 N–H and O–H groups in total. The van der Waals surface area contributed by atoms with Crippen LogP contribution in [0.25, 0.3) is 0 Å². The highest BCUT2D eigenvalue weighted by Gasteiger charge is 2.16. The van der Waals surface area contributed by atoms with Crippen molar-refractivity contribution in [2.24, 2.45) is 0 Å². The van der Waals surface area contributed by atoms with Crippen LogP contribution in [0, 0.1) is 5.82 Å². The largest absolute Gasteiger partial charge is 0.311 e. The van der Waals surface area contributed by atoms with Gasteiger partial charge in [-0.3, -0.25) is 0 Å². The van der Waals surface area contributed by atoms with Gasteiger partial charge in [0, 0.05) is 0 Å². The van der Waals surface area contributed by atoms with E-state index >= 15 is 0 Å². The standard InChI is InChI=1S/C11H12ClFN4/c1-14-9(10-6-15-17-16-10)5-7-3-2-4-8(12)11(7)13/h2-4,6,9,14H,5H2,1H3,(H,15,16,17). The Balaban J connectivity index is 2.22. The van der Waals surface area contributed by atoms with Crippen molar-refractivity contribution in [1.82, 2.24) is 20.7 Å². The van der Waals surface area contributed by atoms with Crippen molar-refractivity contribution in [1.29, 1.82) is 0 Å². The van der Waals surface area contributed by atoms with Crippen LogP contribution < -0.4 is 5.32 Å². The van der Waals surface area contributed by atoms with Gasteiger partial charge < -0.3 is 5.32 Å². The molecule has 0 amide bonds. The van der Waals surface area contributed by atoms with E-state index < -0.39 is 0 Å². The first-order chi connectivity index (χ1) is 8.22. The topological polar surface area (TPSA) is 53.6 Å². The number of likely N-dealkylation sites (N-methyl/N-ethyl adjacent to an activating group) is 1. The lowest BCUT2D eigenvalue weighted by molar-refractivity contribution is 0.544. The van der Waals surface area contributed by atoms with Gasteiger partial charge in [0.1, 0.15) is 5.82 Å². The van der Waals surface area contributed by atoms with Gasteiger partial charge in [-0.15, -0.1) is 0 Å². The summed E-state index contributed by atoms with van der Waals surface area (Å²) in [6.07, 6.45) is 2.08. The van der Waals surface area contributed by atoms with Gasteiger partial charge in [0.2, 0.25) is 0 Å². The third-order valence-electron chi connectivity index (χ3n) is 2.59. The highest BCUT2D eigenvalue weighted by molar-refractivity contribution is 6.30. The number of halogens is 2. The van der Waals surface area contributed by atoms with Crippen molar-refractivity contribution < 1.29 is 4.39 Å². The molecule has 0 bridgehead atoms. The lowest BCUT2D eigenvalue weighted by atomic mass is 10.0. The van der Waals surface area contributed by atoms with E-state index in [0.717, 1.165) is 5.69 Å². The number of hydrogen-bond acceptors (Lipinski definition) is 3. The Labute approximate surface area is 103 Å². The monoisotopic (exact) mass is 254 g/mol. The molecule has 0 radical (unpaired) electrons. The number of aromatic nitrogens is 3. The summed E-state index contributed by atoms with van der Waals surface area (Å²) >= 11 is 5.74. The van der Waals surface area contributed by atoms with Gasteiger partial charge in [0.25, 0.3) is 0 Å². The molecule has 1 heterocycles. The van der Waals surface area contributed by atoms with Gasteiger partial charge in [-0.05, 0) is 25.1 Å². The van der Waals surface area contributed by atoms with Crippen LogP contribution in [0.3, 0.4) is 0 Å². The zero-order valence-corrected chi connectivity index (χ0v) is 10.0. The maximum absolute atomic E-state index is 13.7. The minimum atomic E-state index is -0.377. The summed E-state index contributed by atoms with van der Waals surface area (Å²) in [5, 5.41) is 13.5. The Morgan fingerprint density at radius 2 is 2.35 bits per heavy atom. The van der Waals surface area contributed by atoms with Gasteiger partial charge in [0.05, 0.1) is 23.0 Å². The highest BCUT2D eigenvalue weighted by atomic mass is 35.5. The first-order valence-corrected chi connectivity index (χ1v) is 5.56. The quantitative estimate of drug-likeness (QED) is 0.879. The molecule has 1 atom stereocenters. The zero-order valence-electron chi connectivity index (χ0n) is 9.24. The third kappa shape index (κ3) is 2.62. The van der Waals surface area contributed by atoms with Crippen LogP contribution in [-0.2, 0) is 6.42 Å². The molecular formula is C11H12ClFN4. The summed E-state index contributed by atoms with van der Waals surface area (Å²) in [6.45, 7) is 0. The van der Waals surface area contributed by atoms with Crippen LogP contribution in [0.1, 0.15) is 17.3 Å². The normalized spacial score (nSPS) is 12.6. The van der Waals surface area contributed by atoms with E-state index in [4.69, 9.17) is 11.6 Å². The second kappa shape index (κ2) is 5.25. The molecule has 0 spiro atoms. The summed E-state index contributed by atoms with van der Waals surface area (Å²) in [4.78, 5) is 0. The van der Waals surface area contributed by atoms with Crippen LogP contribution in [0.4, 0.5) is 4.39 Å². The van der Waals surface area contributed by atoms with Crippen molar-refractivity contribution in [3.05, 3.63) is 46.5 Å². The molecule has 0 aliphatic heterocycles. The fraction of sp³-hybridized carbons (Fsp3) is 0.273. The highest BCUT2D eigenvalue weighted by Crippen LogP contribution is 2.22. The van der Waals surface area contributed by atoms with Crippen LogP contribution in [-0.4, -0.2) is 22.5 Å². The Morgan fingerprint density at radius 1 is 1.53 bits per heavy atom. The number of H-pyrrole nitrogens is 1. The van der Waals surface area contributed by atoms with Gasteiger partial charge in [0.15, 0.2) is 0 Å². The molecule has 2 rings (SSSR count). The van der Waals surface area contributed by atoms with Gasteiger partial charge >= 0.3 is 0 Å². The molecule has 0 aliphatic carbocycles. The van der Waals surface area contributed by atoms with Crippen LogP contribution >= 0.6 is 11.6 Å². The lowest BCUT2D eigenvalue weighted by Gasteiger charge is -2.13. The number of benzene rings is 1. The maximum atomic E-state index is 13.7. The van der Waals surface area contributed by atoms with E-state index in [2.05, 4.69) is 20.7 Å². The predicted molar refractivity (Wildman–Crippen MR) is 63.3 cm³/mol. The molecule has 2 aromatic rings. The third-order valence-corrected chi connectivity index (χ3v) is 2.89. The average molecular weight is 255 g/mol. The molecule has 0 fully saturated rings. The van der Waals surface area contributed by atoms with Crippen molar-refractivity contribution in [3.63, 3.8) is 0 Å². The van der Waals surface area contributed by atoms with Crippen LogP contribution in [0.2, 0.25) is 5.02 Å². The zero-order chi connectivity index (χ0) is 12.3. The summed E-state index contributed by atoms with van der Waals surface area (Å²) < 4.78 is 13.7. The Bertz CT molecular complexity index is 486. The minimum absolute atomic E-state index is 0.0956. The van der Waals surface area contributed by atoms with E-state index in [1.807, 2.05) is 0 Å². The lowest BCUT2D eigenvalue weighted by Crippen LogP contribution is -2.19. The van der Waals surface area contributed by atoms with Crippen LogP contribution in [0.15, 0.2) is 24.4 Å². The van der Waals surface area contributed by atoms with Crippen molar-refractivity contribution in [2.45, 2.75) is 12.5 Å². The van der Waals surface area contributed by atoms with Gasteiger partial charge in [-0.2, -0.15) is 15.4 Å². The fourth-order valence-corrected chi connectivity index (χ4v) is 1.85. The SMILES string of the molecule is CNC(Cc1cccc(Cl)c1F)c1cn[nH]n1. The number of aromatic amines is 1. The molecule has 90 valence electrons. The molecule has 0 saturated carbocycles. The van der Waals surface area contributed by atoms with E-state index in [9.17, 15) is 4.39 Å². The number of hydrogen-bond donors (Lipinski definition) is 2. The first kappa shape index (κ1) is 12.0. The van der Waals surface area contributed by atoms with E-state index in [-0.39, 0.29) is 16.9 Å². The second-order valence-corrected chi connectivity index (χ2v) is 4.06. The number of rotatable bonds is 4. The average Bonchev–Trinajstić information content (AvgIpc) is 2.85. The van der Waals surface area contributed by atoms with Gasteiger partial charge in [-0.25, -0.2) is 4.39 Å². The van der Waals surface area contributed by atoms with Gasteiger partial charge in [-0.1, -0.05) is 23.7 Å².